The summed E-state index contributed by atoms with van der Waals surface area (Å²) in [5.74, 6) is 4.46. The number of hydrogen-bond donors (Lipinski definition) is 2. The largest absolute Gasteiger partial charge is 0.293 e. The summed E-state index contributed by atoms with van der Waals surface area (Å²) >= 11 is 6.04. The molecule has 0 atom stereocenters. The molecule has 1 aromatic rings. The van der Waals surface area contributed by atoms with E-state index in [1.165, 1.54) is 12.1 Å². The van der Waals surface area contributed by atoms with Gasteiger partial charge in [0, 0.05) is 5.02 Å². The van der Waals surface area contributed by atoms with Crippen LogP contribution in [-0.4, -0.2) is 5.91 Å². The lowest BCUT2D eigenvalue weighted by Crippen LogP contribution is -2.39. The number of carbonyl (C=O) groups excluding carboxylic acids is 1. The van der Waals surface area contributed by atoms with Crippen molar-refractivity contribution < 1.29 is 9.18 Å². The van der Waals surface area contributed by atoms with Crippen LogP contribution in [-0.2, 0) is 10.2 Å². The van der Waals surface area contributed by atoms with Gasteiger partial charge in [0.2, 0.25) is 5.91 Å². The first kappa shape index (κ1) is 11.4. The molecular formula is C11H12ClFN2O. The fourth-order valence-corrected chi connectivity index (χ4v) is 2.29. The molecule has 3 nitrogen and oxygen atoms in total. The quantitative estimate of drug-likeness (QED) is 0.472. The molecule has 0 bridgehead atoms. The molecule has 3 N–H and O–H groups in total. The Kier molecular flexibility index (Phi) is 2.64. The predicted octanol–water partition coefficient (Wildman–Crippen LogP) is 1.81. The highest BCUT2D eigenvalue weighted by atomic mass is 35.5. The van der Waals surface area contributed by atoms with Crippen LogP contribution in [0.5, 0.6) is 0 Å². The molecule has 0 radical (unpaired) electrons. The lowest BCUT2D eigenvalue weighted by molar-refractivity contribution is -0.123. The van der Waals surface area contributed by atoms with Gasteiger partial charge in [-0.1, -0.05) is 11.6 Å². The summed E-state index contributed by atoms with van der Waals surface area (Å²) in [5, 5.41) is 0.417. The minimum absolute atomic E-state index is 0.308. The Morgan fingerprint density at radius 2 is 2.19 bits per heavy atom. The van der Waals surface area contributed by atoms with Gasteiger partial charge in [-0.05, 0) is 43.0 Å². The van der Waals surface area contributed by atoms with Crippen molar-refractivity contribution in [1.82, 2.24) is 5.43 Å². The minimum atomic E-state index is -0.722. The third kappa shape index (κ3) is 1.58. The number of aryl methyl sites for hydroxylation is 1. The molecule has 2 rings (SSSR count). The number of nitrogens with one attached hydrogen (secondary N) is 1. The molecule has 1 aliphatic carbocycles. The van der Waals surface area contributed by atoms with Crippen molar-refractivity contribution in [2.24, 2.45) is 5.84 Å². The van der Waals surface area contributed by atoms with E-state index in [2.05, 4.69) is 5.43 Å². The zero-order valence-electron chi connectivity index (χ0n) is 8.81. The molecule has 5 heteroatoms. The highest BCUT2D eigenvalue weighted by molar-refractivity contribution is 6.32. The summed E-state index contributed by atoms with van der Waals surface area (Å²) in [6.45, 7) is 1.63. The summed E-state index contributed by atoms with van der Waals surface area (Å²) < 4.78 is 13.5. The lowest BCUT2D eigenvalue weighted by Gasteiger charge is -2.16. The molecule has 0 aromatic heterocycles. The van der Waals surface area contributed by atoms with E-state index >= 15 is 0 Å². The average molecular weight is 243 g/mol. The maximum atomic E-state index is 13.5. The van der Waals surface area contributed by atoms with Crippen molar-refractivity contribution in [2.75, 3.05) is 0 Å². The predicted molar refractivity (Wildman–Crippen MR) is 59.4 cm³/mol. The molecule has 0 heterocycles. The zero-order valence-corrected chi connectivity index (χ0v) is 9.57. The summed E-state index contributed by atoms with van der Waals surface area (Å²) in [6, 6.07) is 2.87. The van der Waals surface area contributed by atoms with Gasteiger partial charge < -0.3 is 0 Å². The third-order valence-corrected chi connectivity index (χ3v) is 3.39. The number of hydrogen-bond acceptors (Lipinski definition) is 2. The van der Waals surface area contributed by atoms with E-state index in [4.69, 9.17) is 17.4 Å². The van der Waals surface area contributed by atoms with Crippen LogP contribution in [0.3, 0.4) is 0 Å². The number of halogens is 2. The topological polar surface area (TPSA) is 55.1 Å². The molecule has 1 aromatic carbocycles. The van der Waals surface area contributed by atoms with Gasteiger partial charge in [-0.15, -0.1) is 0 Å². The summed E-state index contributed by atoms with van der Waals surface area (Å²) in [4.78, 5) is 11.6. The van der Waals surface area contributed by atoms with E-state index in [1.54, 1.807) is 6.92 Å². The standard InChI is InChI=1S/C11H12ClFN2O/c1-6-4-8(12)7(5-9(6)13)11(2-3-11)10(16)15-14/h4-5H,2-3,14H2,1H3,(H,15,16). The summed E-state index contributed by atoms with van der Waals surface area (Å²) in [5.41, 5.74) is 2.38. The SMILES string of the molecule is Cc1cc(Cl)c(C2(C(=O)NN)CC2)cc1F. The molecule has 86 valence electrons. The normalized spacial score (nSPS) is 17.0. The fraction of sp³-hybridized carbons (Fsp3) is 0.364. The van der Waals surface area contributed by atoms with Gasteiger partial charge in [0.05, 0.1) is 5.41 Å². The maximum absolute atomic E-state index is 13.5. The van der Waals surface area contributed by atoms with Crippen LogP contribution in [0.25, 0.3) is 0 Å². The smallest absolute Gasteiger partial charge is 0.244 e. The van der Waals surface area contributed by atoms with Gasteiger partial charge in [-0.3, -0.25) is 10.2 Å². The van der Waals surface area contributed by atoms with Crippen molar-refractivity contribution in [3.05, 3.63) is 34.1 Å². The van der Waals surface area contributed by atoms with Crippen molar-refractivity contribution >= 4 is 17.5 Å². The van der Waals surface area contributed by atoms with Gasteiger partial charge in [-0.2, -0.15) is 0 Å². The van der Waals surface area contributed by atoms with Crippen LogP contribution in [0.2, 0.25) is 5.02 Å². The average Bonchev–Trinajstić information content (AvgIpc) is 3.03. The monoisotopic (exact) mass is 242 g/mol. The highest BCUT2D eigenvalue weighted by Crippen LogP contribution is 2.50. The summed E-state index contributed by atoms with van der Waals surface area (Å²) in [6.07, 6.45) is 1.30. The molecule has 0 spiro atoms. The number of hydrazine groups is 1. The van der Waals surface area contributed by atoms with Crippen LogP contribution in [0, 0.1) is 12.7 Å². The molecule has 1 aliphatic rings. The number of rotatable bonds is 2. The fourth-order valence-electron chi connectivity index (χ4n) is 1.89. The van der Waals surface area contributed by atoms with Crippen LogP contribution < -0.4 is 11.3 Å². The third-order valence-electron chi connectivity index (χ3n) is 3.08. The molecule has 1 fully saturated rings. The van der Waals surface area contributed by atoms with Gasteiger partial charge in [0.15, 0.2) is 0 Å². The van der Waals surface area contributed by atoms with E-state index in [0.29, 0.717) is 29.0 Å². The maximum Gasteiger partial charge on any atom is 0.244 e. The van der Waals surface area contributed by atoms with E-state index in [9.17, 15) is 9.18 Å². The number of carbonyl (C=O) groups is 1. The van der Waals surface area contributed by atoms with Gasteiger partial charge >= 0.3 is 0 Å². The molecule has 1 saturated carbocycles. The second-order valence-electron chi connectivity index (χ2n) is 4.14. The molecule has 1 amide bonds. The number of amides is 1. The van der Waals surface area contributed by atoms with Gasteiger partial charge in [0.1, 0.15) is 5.82 Å². The van der Waals surface area contributed by atoms with E-state index in [-0.39, 0.29) is 11.7 Å². The number of nitrogens with two attached hydrogens (primary N) is 1. The van der Waals surface area contributed by atoms with Crippen LogP contribution in [0.1, 0.15) is 24.0 Å². The molecule has 16 heavy (non-hydrogen) atoms. The lowest BCUT2D eigenvalue weighted by atomic mass is 9.94. The zero-order chi connectivity index (χ0) is 11.9. The van der Waals surface area contributed by atoms with E-state index in [1.807, 2.05) is 0 Å². The molecule has 0 saturated heterocycles. The van der Waals surface area contributed by atoms with E-state index < -0.39 is 5.41 Å². The Labute approximate surface area is 97.7 Å². The first-order chi connectivity index (χ1) is 7.51. The second kappa shape index (κ2) is 3.71. The minimum Gasteiger partial charge on any atom is -0.293 e. The van der Waals surface area contributed by atoms with E-state index in [0.717, 1.165) is 0 Å². The van der Waals surface area contributed by atoms with Crippen molar-refractivity contribution in [3.63, 3.8) is 0 Å². The Morgan fingerprint density at radius 1 is 1.56 bits per heavy atom. The van der Waals surface area contributed by atoms with Crippen molar-refractivity contribution in [3.8, 4) is 0 Å². The molecular weight excluding hydrogens is 231 g/mol. The molecule has 0 unspecified atom stereocenters. The second-order valence-corrected chi connectivity index (χ2v) is 4.54. The number of benzene rings is 1. The van der Waals surface area contributed by atoms with Gasteiger partial charge in [-0.25, -0.2) is 10.2 Å². The van der Waals surface area contributed by atoms with Crippen molar-refractivity contribution in [2.45, 2.75) is 25.2 Å². The first-order valence-corrected chi connectivity index (χ1v) is 5.36. The molecule has 0 aliphatic heterocycles. The Balaban J connectivity index is 2.49. The Hall–Kier alpha value is -1.13. The van der Waals surface area contributed by atoms with Crippen LogP contribution in [0.15, 0.2) is 12.1 Å². The Bertz CT molecular complexity index is 458. The van der Waals surface area contributed by atoms with Gasteiger partial charge in [0.25, 0.3) is 0 Å². The van der Waals surface area contributed by atoms with Crippen LogP contribution in [0.4, 0.5) is 4.39 Å². The van der Waals surface area contributed by atoms with Crippen LogP contribution >= 0.6 is 11.6 Å². The summed E-state index contributed by atoms with van der Waals surface area (Å²) in [7, 11) is 0. The van der Waals surface area contributed by atoms with Crippen molar-refractivity contribution in [1.29, 1.82) is 0 Å². The Morgan fingerprint density at radius 3 is 2.69 bits per heavy atom. The highest BCUT2D eigenvalue weighted by Gasteiger charge is 2.52. The first-order valence-electron chi connectivity index (χ1n) is 4.98.